The van der Waals surface area contributed by atoms with E-state index in [0.29, 0.717) is 11.7 Å². The molecule has 3 nitrogen and oxygen atoms in total. The summed E-state index contributed by atoms with van der Waals surface area (Å²) < 4.78 is 10.6. The van der Waals surface area contributed by atoms with Crippen LogP contribution in [0.15, 0.2) is 24.3 Å². The molecular formula is C16H22O3. The van der Waals surface area contributed by atoms with Crippen LogP contribution in [0.2, 0.25) is 0 Å². The third-order valence-electron chi connectivity index (χ3n) is 3.95. The van der Waals surface area contributed by atoms with Gasteiger partial charge in [0.2, 0.25) is 0 Å². The molecule has 1 aliphatic rings. The second-order valence-corrected chi connectivity index (χ2v) is 5.18. The van der Waals surface area contributed by atoms with E-state index in [-0.39, 0.29) is 5.97 Å². The quantitative estimate of drug-likeness (QED) is 0.774. The largest absolute Gasteiger partial charge is 0.490 e. The molecule has 0 aliphatic heterocycles. The van der Waals surface area contributed by atoms with E-state index in [0.717, 1.165) is 24.5 Å². The van der Waals surface area contributed by atoms with Crippen molar-refractivity contribution in [2.24, 2.45) is 5.92 Å². The predicted molar refractivity (Wildman–Crippen MR) is 74.4 cm³/mol. The molecule has 0 bridgehead atoms. The molecule has 1 fully saturated rings. The van der Waals surface area contributed by atoms with Gasteiger partial charge in [-0.2, -0.15) is 0 Å². The van der Waals surface area contributed by atoms with Gasteiger partial charge in [-0.3, -0.25) is 0 Å². The lowest BCUT2D eigenvalue weighted by Gasteiger charge is -2.28. The van der Waals surface area contributed by atoms with Crippen LogP contribution in [0, 0.1) is 5.92 Å². The van der Waals surface area contributed by atoms with Crippen LogP contribution in [0.1, 0.15) is 49.4 Å². The molecule has 0 aromatic heterocycles. The standard InChI is InChI=1S/C16H22O3/c1-3-12-4-8-14(9-5-12)19-15-10-6-13(7-11-15)16(17)18-2/h6-7,10-12,14H,3-5,8-9H2,1-2H3. The van der Waals surface area contributed by atoms with Gasteiger partial charge in [0, 0.05) is 0 Å². The lowest BCUT2D eigenvalue weighted by atomic mass is 9.86. The lowest BCUT2D eigenvalue weighted by Crippen LogP contribution is -2.23. The van der Waals surface area contributed by atoms with Gasteiger partial charge in [-0.25, -0.2) is 4.79 Å². The Hall–Kier alpha value is -1.51. The minimum absolute atomic E-state index is 0.310. The lowest BCUT2D eigenvalue weighted by molar-refractivity contribution is 0.0600. The van der Waals surface area contributed by atoms with Gasteiger partial charge in [-0.15, -0.1) is 0 Å². The summed E-state index contributed by atoms with van der Waals surface area (Å²) in [5.41, 5.74) is 0.560. The van der Waals surface area contributed by atoms with E-state index in [4.69, 9.17) is 4.74 Å². The molecule has 19 heavy (non-hydrogen) atoms. The van der Waals surface area contributed by atoms with Crippen LogP contribution in [0.25, 0.3) is 0 Å². The monoisotopic (exact) mass is 262 g/mol. The van der Waals surface area contributed by atoms with Crippen molar-refractivity contribution in [1.82, 2.24) is 0 Å². The molecule has 0 heterocycles. The molecule has 2 rings (SSSR count). The predicted octanol–water partition coefficient (Wildman–Crippen LogP) is 3.82. The Labute approximate surface area is 114 Å². The fraction of sp³-hybridized carbons (Fsp3) is 0.562. The number of esters is 1. The zero-order chi connectivity index (χ0) is 13.7. The zero-order valence-electron chi connectivity index (χ0n) is 11.7. The van der Waals surface area contributed by atoms with Gasteiger partial charge < -0.3 is 9.47 Å². The molecule has 0 unspecified atom stereocenters. The van der Waals surface area contributed by atoms with Gasteiger partial charge in [0.25, 0.3) is 0 Å². The first-order valence-electron chi connectivity index (χ1n) is 7.08. The molecule has 1 saturated carbocycles. The Morgan fingerprint density at radius 2 is 1.79 bits per heavy atom. The number of methoxy groups -OCH3 is 1. The van der Waals surface area contributed by atoms with E-state index >= 15 is 0 Å². The third kappa shape index (κ3) is 3.72. The Balaban J connectivity index is 1.88. The van der Waals surface area contributed by atoms with Crippen molar-refractivity contribution < 1.29 is 14.3 Å². The molecule has 0 N–H and O–H groups in total. The van der Waals surface area contributed by atoms with E-state index < -0.39 is 0 Å². The van der Waals surface area contributed by atoms with E-state index in [1.165, 1.54) is 26.4 Å². The first kappa shape index (κ1) is 13.9. The summed E-state index contributed by atoms with van der Waals surface area (Å²) in [6.07, 6.45) is 6.41. The molecule has 0 radical (unpaired) electrons. The Bertz CT molecular complexity index is 403. The van der Waals surface area contributed by atoms with E-state index in [1.54, 1.807) is 12.1 Å². The maximum atomic E-state index is 11.3. The Morgan fingerprint density at radius 1 is 1.16 bits per heavy atom. The van der Waals surface area contributed by atoms with Crippen LogP contribution >= 0.6 is 0 Å². The summed E-state index contributed by atoms with van der Waals surface area (Å²) in [5, 5.41) is 0. The van der Waals surface area contributed by atoms with Crippen LogP contribution in [0.3, 0.4) is 0 Å². The number of rotatable bonds is 4. The summed E-state index contributed by atoms with van der Waals surface area (Å²) in [4.78, 5) is 11.3. The number of ether oxygens (including phenoxy) is 2. The maximum absolute atomic E-state index is 11.3. The molecule has 0 spiro atoms. The van der Waals surface area contributed by atoms with Gasteiger partial charge >= 0.3 is 5.97 Å². The highest BCUT2D eigenvalue weighted by Crippen LogP contribution is 2.29. The summed E-state index contributed by atoms with van der Waals surface area (Å²) in [5.74, 6) is 1.41. The van der Waals surface area contributed by atoms with Crippen LogP contribution in [0.5, 0.6) is 5.75 Å². The second kappa shape index (κ2) is 6.60. The second-order valence-electron chi connectivity index (χ2n) is 5.18. The molecule has 0 saturated heterocycles. The number of hydrogen-bond donors (Lipinski definition) is 0. The molecular weight excluding hydrogens is 240 g/mol. The average Bonchev–Trinajstić information content (AvgIpc) is 2.48. The SMILES string of the molecule is CCC1CCC(Oc2ccc(C(=O)OC)cc2)CC1. The van der Waals surface area contributed by atoms with Crippen LogP contribution in [-0.2, 0) is 4.74 Å². The zero-order valence-corrected chi connectivity index (χ0v) is 11.7. The first-order chi connectivity index (χ1) is 9.22. The Kier molecular flexibility index (Phi) is 4.83. The average molecular weight is 262 g/mol. The summed E-state index contributed by atoms with van der Waals surface area (Å²) >= 11 is 0. The summed E-state index contributed by atoms with van der Waals surface area (Å²) in [6.45, 7) is 2.26. The van der Waals surface area contributed by atoms with E-state index in [2.05, 4.69) is 11.7 Å². The van der Waals surface area contributed by atoms with Gasteiger partial charge in [-0.05, 0) is 55.9 Å². The third-order valence-corrected chi connectivity index (χ3v) is 3.95. The van der Waals surface area contributed by atoms with Crippen molar-refractivity contribution in [3.63, 3.8) is 0 Å². The van der Waals surface area contributed by atoms with E-state index in [1.807, 2.05) is 12.1 Å². The molecule has 0 atom stereocenters. The topological polar surface area (TPSA) is 35.5 Å². The fourth-order valence-electron chi connectivity index (χ4n) is 2.64. The normalized spacial score (nSPS) is 22.8. The van der Waals surface area contributed by atoms with Crippen LogP contribution in [-0.4, -0.2) is 19.2 Å². The molecule has 104 valence electrons. The van der Waals surface area contributed by atoms with Gasteiger partial charge in [0.05, 0.1) is 18.8 Å². The van der Waals surface area contributed by atoms with Crippen LogP contribution in [0.4, 0.5) is 0 Å². The van der Waals surface area contributed by atoms with Crippen molar-refractivity contribution in [2.45, 2.75) is 45.1 Å². The van der Waals surface area contributed by atoms with Crippen molar-refractivity contribution in [2.75, 3.05) is 7.11 Å². The highest BCUT2D eigenvalue weighted by molar-refractivity contribution is 5.89. The van der Waals surface area contributed by atoms with Crippen molar-refractivity contribution >= 4 is 5.97 Å². The number of benzene rings is 1. The Morgan fingerprint density at radius 3 is 2.32 bits per heavy atom. The number of carbonyl (C=O) groups is 1. The number of hydrogen-bond acceptors (Lipinski definition) is 3. The van der Waals surface area contributed by atoms with Gasteiger partial charge in [-0.1, -0.05) is 13.3 Å². The first-order valence-corrected chi connectivity index (χ1v) is 7.08. The molecule has 1 aromatic rings. The van der Waals surface area contributed by atoms with Crippen molar-refractivity contribution in [3.8, 4) is 5.75 Å². The van der Waals surface area contributed by atoms with Crippen molar-refractivity contribution in [1.29, 1.82) is 0 Å². The van der Waals surface area contributed by atoms with Gasteiger partial charge in [0.1, 0.15) is 5.75 Å². The number of carbonyl (C=O) groups excluding carboxylic acids is 1. The highest BCUT2D eigenvalue weighted by Gasteiger charge is 2.21. The summed E-state index contributed by atoms with van der Waals surface area (Å²) in [7, 11) is 1.39. The molecule has 3 heteroatoms. The minimum atomic E-state index is -0.310. The molecule has 1 aliphatic carbocycles. The van der Waals surface area contributed by atoms with Crippen LogP contribution < -0.4 is 4.74 Å². The van der Waals surface area contributed by atoms with Crippen molar-refractivity contribution in [3.05, 3.63) is 29.8 Å². The molecule has 1 aromatic carbocycles. The smallest absolute Gasteiger partial charge is 0.337 e. The highest BCUT2D eigenvalue weighted by atomic mass is 16.5. The van der Waals surface area contributed by atoms with Gasteiger partial charge in [0.15, 0.2) is 0 Å². The maximum Gasteiger partial charge on any atom is 0.337 e. The molecule has 0 amide bonds. The summed E-state index contributed by atoms with van der Waals surface area (Å²) in [6, 6.07) is 7.19. The van der Waals surface area contributed by atoms with E-state index in [9.17, 15) is 4.79 Å². The fourth-order valence-corrected chi connectivity index (χ4v) is 2.64. The minimum Gasteiger partial charge on any atom is -0.490 e.